The summed E-state index contributed by atoms with van der Waals surface area (Å²) in [6.45, 7) is 6.74. The molecule has 15 heavy (non-hydrogen) atoms. The highest BCUT2D eigenvalue weighted by Crippen LogP contribution is 2.32. The number of hydrogen-bond acceptors (Lipinski definition) is 1. The maximum Gasteiger partial charge on any atom is 0.0444 e. The quantitative estimate of drug-likeness (QED) is 0.632. The summed E-state index contributed by atoms with van der Waals surface area (Å²) in [5.74, 6) is 1.55. The van der Waals surface area contributed by atoms with Gasteiger partial charge in [0.15, 0.2) is 0 Å². The molecule has 1 heteroatoms. The van der Waals surface area contributed by atoms with Gasteiger partial charge in [0.1, 0.15) is 0 Å². The van der Waals surface area contributed by atoms with Crippen LogP contribution in [-0.4, -0.2) is 4.98 Å². The third kappa shape index (κ3) is 2.22. The lowest BCUT2D eigenvalue weighted by molar-refractivity contribution is 0.450. The lowest BCUT2D eigenvalue weighted by Crippen LogP contribution is -2.04. The summed E-state index contributed by atoms with van der Waals surface area (Å²) in [6, 6.07) is 4.45. The Bertz CT molecular complexity index is 343. The molecule has 0 saturated heterocycles. The summed E-state index contributed by atoms with van der Waals surface area (Å²) in [4.78, 5) is 4.72. The molecule has 1 heterocycles. The van der Waals surface area contributed by atoms with Crippen LogP contribution in [0.15, 0.2) is 12.1 Å². The molecule has 0 fully saturated rings. The fraction of sp³-hybridized carbons (Fsp3) is 0.643. The van der Waals surface area contributed by atoms with Gasteiger partial charge in [-0.25, -0.2) is 0 Å². The van der Waals surface area contributed by atoms with Crippen LogP contribution in [0, 0.1) is 12.8 Å². The number of fused-ring (bicyclic) bond motifs is 1. The number of nitrogens with zero attached hydrogens (tertiary/aromatic N) is 1. The molecule has 0 bridgehead atoms. The van der Waals surface area contributed by atoms with E-state index in [2.05, 4.69) is 32.9 Å². The molecule has 1 aliphatic carbocycles. The highest BCUT2D eigenvalue weighted by Gasteiger charge is 2.20. The van der Waals surface area contributed by atoms with Gasteiger partial charge in [-0.2, -0.15) is 0 Å². The summed E-state index contributed by atoms with van der Waals surface area (Å²) in [5, 5.41) is 0. The van der Waals surface area contributed by atoms with E-state index in [1.165, 1.54) is 36.9 Å². The zero-order valence-corrected chi connectivity index (χ0v) is 10.1. The van der Waals surface area contributed by atoms with Crippen LogP contribution in [0.1, 0.15) is 56.0 Å². The van der Waals surface area contributed by atoms with Crippen LogP contribution in [0.25, 0.3) is 0 Å². The molecule has 0 radical (unpaired) electrons. The van der Waals surface area contributed by atoms with Crippen LogP contribution in [0.2, 0.25) is 0 Å². The second kappa shape index (κ2) is 4.34. The zero-order valence-electron chi connectivity index (χ0n) is 10.1. The van der Waals surface area contributed by atoms with Gasteiger partial charge in [-0.05, 0) is 49.7 Å². The topological polar surface area (TPSA) is 12.9 Å². The molecule has 0 N–H and O–H groups in total. The van der Waals surface area contributed by atoms with E-state index >= 15 is 0 Å². The Hall–Kier alpha value is -0.850. The highest BCUT2D eigenvalue weighted by atomic mass is 14.7. The summed E-state index contributed by atoms with van der Waals surface area (Å²) in [5.41, 5.74) is 4.03. The molecule has 0 amide bonds. The Morgan fingerprint density at radius 2 is 2.13 bits per heavy atom. The van der Waals surface area contributed by atoms with Crippen molar-refractivity contribution >= 4 is 0 Å². The van der Waals surface area contributed by atoms with Crippen molar-refractivity contribution in [3.8, 4) is 0 Å². The Labute approximate surface area is 92.9 Å². The Balaban J connectivity index is 2.36. The van der Waals surface area contributed by atoms with Gasteiger partial charge in [-0.1, -0.05) is 26.3 Å². The van der Waals surface area contributed by atoms with Crippen molar-refractivity contribution in [2.45, 2.75) is 52.4 Å². The minimum atomic E-state index is 0.699. The Kier molecular flexibility index (Phi) is 3.08. The smallest absolute Gasteiger partial charge is 0.0444 e. The maximum atomic E-state index is 4.72. The molecule has 82 valence electrons. The van der Waals surface area contributed by atoms with Gasteiger partial charge in [0.2, 0.25) is 0 Å². The van der Waals surface area contributed by atoms with E-state index in [0.717, 1.165) is 11.6 Å². The lowest BCUT2D eigenvalue weighted by atomic mass is 9.96. The van der Waals surface area contributed by atoms with Gasteiger partial charge in [0.05, 0.1) is 0 Å². The molecular weight excluding hydrogens is 182 g/mol. The van der Waals surface area contributed by atoms with E-state index in [1.54, 1.807) is 0 Å². The summed E-state index contributed by atoms with van der Waals surface area (Å²) in [7, 11) is 0. The molecule has 1 aliphatic rings. The number of hydrogen-bond donors (Lipinski definition) is 0. The predicted octanol–water partition coefficient (Wildman–Crippen LogP) is 3.86. The van der Waals surface area contributed by atoms with Gasteiger partial charge >= 0.3 is 0 Å². The molecule has 2 atom stereocenters. The molecule has 0 aliphatic heterocycles. The molecule has 1 aromatic heterocycles. The van der Waals surface area contributed by atoms with Crippen molar-refractivity contribution in [2.75, 3.05) is 0 Å². The van der Waals surface area contributed by atoms with E-state index < -0.39 is 0 Å². The molecule has 1 nitrogen and oxygen atoms in total. The highest BCUT2D eigenvalue weighted by molar-refractivity contribution is 5.27. The van der Waals surface area contributed by atoms with Crippen LogP contribution in [-0.2, 0) is 6.42 Å². The first-order valence-corrected chi connectivity index (χ1v) is 6.17. The third-order valence-electron chi connectivity index (χ3n) is 3.75. The first-order valence-electron chi connectivity index (χ1n) is 6.17. The standard InChI is InChI=1S/C14H21N/c1-4-12-7-5-10(2)13-8-6-11(3)15-14(13)9-12/h6,8,10,12H,4-5,7,9H2,1-3H3/t10-,12+/m0/s1. The lowest BCUT2D eigenvalue weighted by Gasteiger charge is -2.11. The maximum absolute atomic E-state index is 4.72. The fourth-order valence-corrected chi connectivity index (χ4v) is 2.60. The number of rotatable bonds is 1. The van der Waals surface area contributed by atoms with Gasteiger partial charge in [0.25, 0.3) is 0 Å². The third-order valence-corrected chi connectivity index (χ3v) is 3.75. The normalized spacial score (nSPS) is 25.8. The van der Waals surface area contributed by atoms with Crippen LogP contribution >= 0.6 is 0 Å². The van der Waals surface area contributed by atoms with E-state index in [1.807, 2.05) is 0 Å². The van der Waals surface area contributed by atoms with Crippen molar-refractivity contribution in [1.82, 2.24) is 4.98 Å². The average molecular weight is 203 g/mol. The van der Waals surface area contributed by atoms with E-state index in [0.29, 0.717) is 5.92 Å². The molecule has 1 aromatic rings. The van der Waals surface area contributed by atoms with Crippen LogP contribution in [0.5, 0.6) is 0 Å². The van der Waals surface area contributed by atoms with Gasteiger partial charge in [-0.3, -0.25) is 4.98 Å². The Morgan fingerprint density at radius 1 is 1.33 bits per heavy atom. The van der Waals surface area contributed by atoms with E-state index in [9.17, 15) is 0 Å². The predicted molar refractivity (Wildman–Crippen MR) is 64.1 cm³/mol. The van der Waals surface area contributed by atoms with Crippen molar-refractivity contribution in [3.05, 3.63) is 29.1 Å². The largest absolute Gasteiger partial charge is 0.258 e. The molecule has 0 spiro atoms. The monoisotopic (exact) mass is 203 g/mol. The summed E-state index contributed by atoms with van der Waals surface area (Å²) in [6.07, 6.45) is 5.18. The average Bonchev–Trinajstić information content (AvgIpc) is 2.38. The fourth-order valence-electron chi connectivity index (χ4n) is 2.60. The van der Waals surface area contributed by atoms with E-state index in [4.69, 9.17) is 4.98 Å². The second-order valence-corrected chi connectivity index (χ2v) is 4.95. The molecular formula is C14H21N. The van der Waals surface area contributed by atoms with Gasteiger partial charge < -0.3 is 0 Å². The zero-order chi connectivity index (χ0) is 10.8. The number of aromatic nitrogens is 1. The molecule has 2 rings (SSSR count). The minimum absolute atomic E-state index is 0.699. The molecule has 0 saturated carbocycles. The SMILES string of the molecule is CC[C@@H]1CC[C@H](C)c2ccc(C)nc2C1. The summed E-state index contributed by atoms with van der Waals surface area (Å²) >= 11 is 0. The Morgan fingerprint density at radius 3 is 2.87 bits per heavy atom. The van der Waals surface area contributed by atoms with Crippen molar-refractivity contribution in [3.63, 3.8) is 0 Å². The molecule has 0 aromatic carbocycles. The van der Waals surface area contributed by atoms with Crippen molar-refractivity contribution in [2.24, 2.45) is 5.92 Å². The van der Waals surface area contributed by atoms with Crippen molar-refractivity contribution < 1.29 is 0 Å². The molecule has 0 unspecified atom stereocenters. The first kappa shape index (κ1) is 10.7. The second-order valence-electron chi connectivity index (χ2n) is 4.95. The van der Waals surface area contributed by atoms with Gasteiger partial charge in [-0.15, -0.1) is 0 Å². The number of pyridine rings is 1. The number of aryl methyl sites for hydroxylation is 1. The minimum Gasteiger partial charge on any atom is -0.258 e. The van der Waals surface area contributed by atoms with Crippen molar-refractivity contribution in [1.29, 1.82) is 0 Å². The van der Waals surface area contributed by atoms with Gasteiger partial charge in [0, 0.05) is 11.4 Å². The van der Waals surface area contributed by atoms with Crippen LogP contribution < -0.4 is 0 Å². The van der Waals surface area contributed by atoms with Crippen LogP contribution in [0.4, 0.5) is 0 Å². The van der Waals surface area contributed by atoms with Crippen LogP contribution in [0.3, 0.4) is 0 Å². The summed E-state index contributed by atoms with van der Waals surface area (Å²) < 4.78 is 0. The van der Waals surface area contributed by atoms with E-state index in [-0.39, 0.29) is 0 Å². The first-order chi connectivity index (χ1) is 7.20.